The summed E-state index contributed by atoms with van der Waals surface area (Å²) in [6.45, 7) is 2.65. The first kappa shape index (κ1) is 30.5. The van der Waals surface area contributed by atoms with Crippen molar-refractivity contribution in [1.29, 1.82) is 0 Å². The zero-order chi connectivity index (χ0) is 31.3. The van der Waals surface area contributed by atoms with Crippen LogP contribution in [0.3, 0.4) is 0 Å². The first-order valence-electron chi connectivity index (χ1n) is 14.7. The number of amides is 1. The quantitative estimate of drug-likeness (QED) is 0.0388. The molecule has 1 amide bonds. The molecule has 1 aliphatic rings. The highest BCUT2D eigenvalue weighted by molar-refractivity contribution is 8.00. The lowest BCUT2D eigenvalue weighted by Crippen LogP contribution is -2.29. The fourth-order valence-corrected chi connectivity index (χ4v) is 7.21. The summed E-state index contributed by atoms with van der Waals surface area (Å²) in [5.74, 6) is -1.36. The number of rotatable bonds is 11. The smallest absolute Gasteiger partial charge is 0.301 e. The molecule has 1 fully saturated rings. The lowest BCUT2D eigenvalue weighted by molar-refractivity contribution is -0.132. The minimum absolute atomic E-state index is 0.116. The summed E-state index contributed by atoms with van der Waals surface area (Å²) in [7, 11) is 0. The predicted octanol–water partition coefficient (Wildman–Crippen LogP) is 8.32. The van der Waals surface area contributed by atoms with Gasteiger partial charge in [0.25, 0.3) is 5.78 Å². The second-order valence-electron chi connectivity index (χ2n) is 10.6. The van der Waals surface area contributed by atoms with Crippen LogP contribution in [0.15, 0.2) is 101 Å². The second kappa shape index (κ2) is 13.6. The van der Waals surface area contributed by atoms with Gasteiger partial charge in [0, 0.05) is 11.3 Å². The number of aliphatic hydroxyl groups is 1. The van der Waals surface area contributed by atoms with Crippen molar-refractivity contribution in [3.8, 4) is 5.75 Å². The van der Waals surface area contributed by atoms with E-state index >= 15 is 0 Å². The number of Topliss-reactive ketones (excluding diaryl/α,β-unsaturated/α-hetero) is 1. The summed E-state index contributed by atoms with van der Waals surface area (Å²) in [5, 5.41) is 22.5. The van der Waals surface area contributed by atoms with Gasteiger partial charge in [0.05, 0.1) is 18.2 Å². The Morgan fingerprint density at radius 1 is 0.978 bits per heavy atom. The van der Waals surface area contributed by atoms with Crippen LogP contribution < -0.4 is 9.64 Å². The van der Waals surface area contributed by atoms with Crippen molar-refractivity contribution < 1.29 is 23.8 Å². The Bertz CT molecular complexity index is 1880. The number of halogens is 1. The molecule has 0 spiro atoms. The Kier molecular flexibility index (Phi) is 9.23. The number of carbonyl (C=O) groups is 2. The highest BCUT2D eigenvalue weighted by atomic mass is 32.2. The second-order valence-corrected chi connectivity index (χ2v) is 12.8. The van der Waals surface area contributed by atoms with E-state index in [1.165, 1.54) is 52.3 Å². The molecule has 228 valence electrons. The van der Waals surface area contributed by atoms with Crippen molar-refractivity contribution in [2.45, 2.75) is 42.3 Å². The molecule has 1 N–H and O–H groups in total. The van der Waals surface area contributed by atoms with Crippen LogP contribution in [-0.2, 0) is 15.3 Å². The monoisotopic (exact) mass is 639 g/mol. The van der Waals surface area contributed by atoms with Crippen molar-refractivity contribution in [3.63, 3.8) is 0 Å². The Hall–Kier alpha value is -4.54. The first-order chi connectivity index (χ1) is 21.9. The van der Waals surface area contributed by atoms with Gasteiger partial charge in [0.2, 0.25) is 5.13 Å². The molecule has 5 aromatic rings. The molecule has 6 rings (SSSR count). The van der Waals surface area contributed by atoms with E-state index in [0.717, 1.165) is 35.6 Å². The number of anilines is 1. The number of ether oxygens (including phenoxy) is 1. The summed E-state index contributed by atoms with van der Waals surface area (Å²) >= 11 is 2.70. The molecule has 10 heteroatoms. The number of aliphatic hydroxyl groups excluding tert-OH is 1. The van der Waals surface area contributed by atoms with Gasteiger partial charge in [-0.1, -0.05) is 97.5 Å². The molecule has 1 aliphatic heterocycles. The van der Waals surface area contributed by atoms with Gasteiger partial charge < -0.3 is 9.84 Å². The number of hydrogen-bond acceptors (Lipinski definition) is 8. The number of unbranched alkanes of at least 4 members (excludes halogenated alkanes) is 2. The van der Waals surface area contributed by atoms with Gasteiger partial charge in [-0.25, -0.2) is 4.39 Å². The molecular weight excluding hydrogens is 610 g/mol. The summed E-state index contributed by atoms with van der Waals surface area (Å²) < 4.78 is 20.3. The predicted molar refractivity (Wildman–Crippen MR) is 176 cm³/mol. The molecule has 2 heterocycles. The van der Waals surface area contributed by atoms with Crippen molar-refractivity contribution in [3.05, 3.63) is 119 Å². The SMILES string of the molecule is CCCCCOc1cccc(C2/C(=C(\O)c3ccc(F)cc3)C(=O)C(=O)N2c2nnc(SCc3cccc4ccccc34)s2)c1. The third kappa shape index (κ3) is 6.48. The lowest BCUT2D eigenvalue weighted by atomic mass is 9.95. The van der Waals surface area contributed by atoms with Crippen molar-refractivity contribution >= 4 is 56.5 Å². The maximum atomic E-state index is 13.7. The third-order valence-corrected chi connectivity index (χ3v) is 9.69. The molecule has 1 atom stereocenters. The summed E-state index contributed by atoms with van der Waals surface area (Å²) in [5.41, 5.74) is 1.81. The van der Waals surface area contributed by atoms with Gasteiger partial charge in [-0.05, 0) is 64.7 Å². The minimum Gasteiger partial charge on any atom is -0.507 e. The lowest BCUT2D eigenvalue weighted by Gasteiger charge is -2.23. The van der Waals surface area contributed by atoms with Gasteiger partial charge in [0.15, 0.2) is 4.34 Å². The largest absolute Gasteiger partial charge is 0.507 e. The molecule has 45 heavy (non-hydrogen) atoms. The molecule has 1 saturated heterocycles. The van der Waals surface area contributed by atoms with Crippen molar-refractivity contribution in [2.24, 2.45) is 0 Å². The van der Waals surface area contributed by atoms with Crippen LogP contribution in [-0.4, -0.2) is 33.6 Å². The van der Waals surface area contributed by atoms with Crippen LogP contribution in [0, 0.1) is 5.82 Å². The van der Waals surface area contributed by atoms with Gasteiger partial charge in [0.1, 0.15) is 17.3 Å². The summed E-state index contributed by atoms with van der Waals surface area (Å²) in [6.07, 6.45) is 2.99. The number of thioether (sulfide) groups is 1. The highest BCUT2D eigenvalue weighted by Crippen LogP contribution is 2.44. The van der Waals surface area contributed by atoms with Crippen LogP contribution in [0.1, 0.15) is 48.9 Å². The third-order valence-electron chi connectivity index (χ3n) is 7.59. The highest BCUT2D eigenvalue weighted by Gasteiger charge is 2.48. The molecule has 0 saturated carbocycles. The van der Waals surface area contributed by atoms with Crippen molar-refractivity contribution in [1.82, 2.24) is 10.2 Å². The van der Waals surface area contributed by atoms with Crippen LogP contribution in [0.25, 0.3) is 16.5 Å². The van der Waals surface area contributed by atoms with Gasteiger partial charge in [-0.3, -0.25) is 14.5 Å². The zero-order valence-electron chi connectivity index (χ0n) is 24.5. The Balaban J connectivity index is 1.35. The van der Waals surface area contributed by atoms with E-state index < -0.39 is 29.3 Å². The Morgan fingerprint density at radius 2 is 1.76 bits per heavy atom. The number of ketones is 1. The fraction of sp³-hybridized carbons (Fsp3) is 0.200. The molecule has 1 unspecified atom stereocenters. The normalized spacial score (nSPS) is 16.0. The van der Waals surface area contributed by atoms with Crippen LogP contribution in [0.2, 0.25) is 0 Å². The van der Waals surface area contributed by atoms with Gasteiger partial charge >= 0.3 is 5.91 Å². The molecule has 4 aromatic carbocycles. The number of hydrogen-bond donors (Lipinski definition) is 1. The van der Waals surface area contributed by atoms with E-state index in [-0.39, 0.29) is 16.3 Å². The van der Waals surface area contributed by atoms with E-state index in [4.69, 9.17) is 4.74 Å². The number of fused-ring (bicyclic) bond motifs is 1. The Morgan fingerprint density at radius 3 is 2.58 bits per heavy atom. The molecule has 7 nitrogen and oxygen atoms in total. The topological polar surface area (TPSA) is 92.6 Å². The Labute approximate surface area is 268 Å². The van der Waals surface area contributed by atoms with Gasteiger partial charge in [-0.15, -0.1) is 10.2 Å². The fourth-order valence-electron chi connectivity index (χ4n) is 5.34. The summed E-state index contributed by atoms with van der Waals surface area (Å²) in [6, 6.07) is 25.6. The molecule has 0 bridgehead atoms. The van der Waals surface area contributed by atoms with Crippen LogP contribution in [0.5, 0.6) is 5.75 Å². The van der Waals surface area contributed by atoms with Crippen LogP contribution >= 0.6 is 23.1 Å². The van der Waals surface area contributed by atoms with E-state index in [1.54, 1.807) is 18.2 Å². The average molecular weight is 640 g/mol. The maximum Gasteiger partial charge on any atom is 0.301 e. The van der Waals surface area contributed by atoms with Gasteiger partial charge in [-0.2, -0.15) is 0 Å². The number of aromatic nitrogens is 2. The molecule has 1 aromatic heterocycles. The average Bonchev–Trinajstić information content (AvgIpc) is 3.63. The number of benzene rings is 4. The molecule has 0 aliphatic carbocycles. The van der Waals surface area contributed by atoms with E-state index in [9.17, 15) is 19.1 Å². The van der Waals surface area contributed by atoms with Crippen molar-refractivity contribution in [2.75, 3.05) is 11.5 Å². The van der Waals surface area contributed by atoms with Crippen LogP contribution in [0.4, 0.5) is 9.52 Å². The number of carbonyl (C=O) groups excluding carboxylic acids is 2. The standard InChI is InChI=1S/C35H30FN3O4S2/c1-2-3-6-19-43-27-13-8-11-24(20-27)30-29(31(40)23-15-17-26(36)18-16-23)32(41)33(42)39(30)34-37-38-35(45-34)44-21-25-12-7-10-22-9-4-5-14-28(22)25/h4-5,7-18,20,30,40H,2-3,6,19,21H2,1H3/b31-29+. The molecular formula is C35H30FN3O4S2. The van der Waals surface area contributed by atoms with E-state index in [2.05, 4.69) is 41.4 Å². The summed E-state index contributed by atoms with van der Waals surface area (Å²) in [4.78, 5) is 28.5. The number of nitrogens with zero attached hydrogens (tertiary/aromatic N) is 3. The maximum absolute atomic E-state index is 13.7. The van der Waals surface area contributed by atoms with E-state index in [0.29, 0.717) is 28.0 Å². The first-order valence-corrected chi connectivity index (χ1v) is 16.5. The zero-order valence-corrected chi connectivity index (χ0v) is 26.1. The molecule has 0 radical (unpaired) electrons. The van der Waals surface area contributed by atoms with E-state index in [1.807, 2.05) is 24.3 Å². The minimum atomic E-state index is -1.00.